The molecule has 0 saturated carbocycles. The lowest BCUT2D eigenvalue weighted by Crippen LogP contribution is -1.91. The average molecular weight is 314 g/mol. The van der Waals surface area contributed by atoms with Gasteiger partial charge in [-0.15, -0.1) is 11.3 Å². The standard InChI is InChI=1S/C19H22O2S/c20-19(21)13-7-6-12-18-15-14-17(22-18)11-5-4-10-16-8-2-1-3-9-16/h1-3,6,8-9,12,14-15H,4-5,7,10-11,13H2,(H,20,21). The zero-order chi connectivity index (χ0) is 15.6. The molecule has 22 heavy (non-hydrogen) atoms. The van der Waals surface area contributed by atoms with Crippen LogP contribution in [-0.4, -0.2) is 11.1 Å². The number of allylic oxidation sites excluding steroid dienone is 1. The van der Waals surface area contributed by atoms with Crippen molar-refractivity contribution < 1.29 is 9.90 Å². The maximum Gasteiger partial charge on any atom is 0.303 e. The van der Waals surface area contributed by atoms with E-state index in [2.05, 4.69) is 42.5 Å². The Morgan fingerprint density at radius 1 is 1.05 bits per heavy atom. The summed E-state index contributed by atoms with van der Waals surface area (Å²) in [5, 5.41) is 8.59. The molecule has 2 nitrogen and oxygen atoms in total. The summed E-state index contributed by atoms with van der Waals surface area (Å²) in [5.41, 5.74) is 1.41. The lowest BCUT2D eigenvalue weighted by Gasteiger charge is -2.00. The van der Waals surface area contributed by atoms with Crippen LogP contribution in [0.5, 0.6) is 0 Å². The van der Waals surface area contributed by atoms with Crippen LogP contribution in [0.2, 0.25) is 0 Å². The Hall–Kier alpha value is -1.87. The van der Waals surface area contributed by atoms with E-state index in [0.717, 1.165) is 12.8 Å². The predicted molar refractivity (Wildman–Crippen MR) is 93.3 cm³/mol. The van der Waals surface area contributed by atoms with Gasteiger partial charge in [-0.1, -0.05) is 36.4 Å². The van der Waals surface area contributed by atoms with Crippen LogP contribution in [-0.2, 0) is 17.6 Å². The third-order valence-electron chi connectivity index (χ3n) is 3.47. The zero-order valence-corrected chi connectivity index (χ0v) is 13.5. The number of rotatable bonds is 9. The van der Waals surface area contributed by atoms with Gasteiger partial charge in [0.25, 0.3) is 0 Å². The van der Waals surface area contributed by atoms with Gasteiger partial charge in [0.05, 0.1) is 0 Å². The molecule has 0 aliphatic heterocycles. The van der Waals surface area contributed by atoms with E-state index in [0.29, 0.717) is 6.42 Å². The van der Waals surface area contributed by atoms with E-state index in [1.54, 1.807) is 11.3 Å². The molecule has 0 radical (unpaired) electrons. The van der Waals surface area contributed by atoms with E-state index < -0.39 is 5.97 Å². The molecule has 2 aromatic rings. The molecule has 0 spiro atoms. The number of carboxylic acid groups (broad SMARTS) is 1. The van der Waals surface area contributed by atoms with E-state index in [1.165, 1.54) is 28.2 Å². The molecule has 0 fully saturated rings. The molecule has 0 atom stereocenters. The van der Waals surface area contributed by atoms with Crippen molar-refractivity contribution in [2.24, 2.45) is 0 Å². The summed E-state index contributed by atoms with van der Waals surface area (Å²) in [6, 6.07) is 14.9. The highest BCUT2D eigenvalue weighted by Gasteiger charge is 1.99. The van der Waals surface area contributed by atoms with Crippen LogP contribution in [0, 0.1) is 0 Å². The molecule has 1 aromatic carbocycles. The lowest BCUT2D eigenvalue weighted by atomic mass is 10.1. The highest BCUT2D eigenvalue weighted by molar-refractivity contribution is 7.12. The SMILES string of the molecule is O=C(O)CCC=Cc1ccc(CCCCc2ccccc2)s1. The molecule has 2 rings (SSSR count). The largest absolute Gasteiger partial charge is 0.481 e. The summed E-state index contributed by atoms with van der Waals surface area (Å²) < 4.78 is 0. The van der Waals surface area contributed by atoms with Crippen LogP contribution < -0.4 is 0 Å². The molecule has 0 unspecified atom stereocenters. The lowest BCUT2D eigenvalue weighted by molar-refractivity contribution is -0.136. The Labute approximate surface area is 136 Å². The fourth-order valence-electron chi connectivity index (χ4n) is 2.30. The summed E-state index contributed by atoms with van der Waals surface area (Å²) in [6.07, 6.45) is 9.46. The highest BCUT2D eigenvalue weighted by Crippen LogP contribution is 2.20. The Morgan fingerprint density at radius 3 is 2.59 bits per heavy atom. The topological polar surface area (TPSA) is 37.3 Å². The van der Waals surface area contributed by atoms with E-state index in [-0.39, 0.29) is 6.42 Å². The number of thiophene rings is 1. The summed E-state index contributed by atoms with van der Waals surface area (Å²) in [5.74, 6) is -0.741. The third-order valence-corrected chi connectivity index (χ3v) is 4.58. The molecule has 1 aromatic heterocycles. The number of unbranched alkanes of at least 4 members (excludes halogenated alkanes) is 1. The molecule has 1 N–H and O–H groups in total. The second-order valence-corrected chi connectivity index (χ2v) is 6.53. The molecule has 0 saturated heterocycles. The van der Waals surface area contributed by atoms with Gasteiger partial charge in [0.15, 0.2) is 0 Å². The van der Waals surface area contributed by atoms with Crippen LogP contribution in [0.25, 0.3) is 6.08 Å². The maximum absolute atomic E-state index is 10.4. The highest BCUT2D eigenvalue weighted by atomic mass is 32.1. The molecular formula is C19H22O2S. The van der Waals surface area contributed by atoms with Gasteiger partial charge in [-0.25, -0.2) is 0 Å². The van der Waals surface area contributed by atoms with Gasteiger partial charge in [0.2, 0.25) is 0 Å². The van der Waals surface area contributed by atoms with E-state index in [1.807, 2.05) is 12.2 Å². The van der Waals surface area contributed by atoms with Crippen molar-refractivity contribution in [1.29, 1.82) is 0 Å². The van der Waals surface area contributed by atoms with E-state index in [9.17, 15) is 4.79 Å². The van der Waals surface area contributed by atoms with Crippen LogP contribution >= 0.6 is 11.3 Å². The quantitative estimate of drug-likeness (QED) is 0.647. The van der Waals surface area contributed by atoms with Crippen LogP contribution in [0.3, 0.4) is 0 Å². The minimum absolute atomic E-state index is 0.203. The van der Waals surface area contributed by atoms with Gasteiger partial charge in [-0.05, 0) is 55.9 Å². The normalized spacial score (nSPS) is 11.1. The summed E-state index contributed by atoms with van der Waals surface area (Å²) >= 11 is 1.80. The van der Waals surface area contributed by atoms with Crippen molar-refractivity contribution in [2.45, 2.75) is 38.5 Å². The molecule has 0 aliphatic rings. The molecule has 0 aliphatic carbocycles. The fourth-order valence-corrected chi connectivity index (χ4v) is 3.28. The van der Waals surface area contributed by atoms with Crippen molar-refractivity contribution in [3.05, 3.63) is 63.9 Å². The van der Waals surface area contributed by atoms with Crippen molar-refractivity contribution >= 4 is 23.4 Å². The minimum Gasteiger partial charge on any atom is -0.481 e. The number of aryl methyl sites for hydroxylation is 2. The monoisotopic (exact) mass is 314 g/mol. The van der Waals surface area contributed by atoms with Gasteiger partial charge >= 0.3 is 5.97 Å². The number of hydrogen-bond acceptors (Lipinski definition) is 2. The van der Waals surface area contributed by atoms with Crippen molar-refractivity contribution in [1.82, 2.24) is 0 Å². The van der Waals surface area contributed by atoms with Gasteiger partial charge in [0, 0.05) is 16.2 Å². The minimum atomic E-state index is -0.741. The number of aliphatic carboxylic acids is 1. The number of carbonyl (C=O) groups is 1. The van der Waals surface area contributed by atoms with Gasteiger partial charge in [0.1, 0.15) is 0 Å². The third kappa shape index (κ3) is 6.27. The average Bonchev–Trinajstić information content (AvgIpc) is 2.97. The first-order chi connectivity index (χ1) is 10.7. The Morgan fingerprint density at radius 2 is 1.82 bits per heavy atom. The molecule has 0 bridgehead atoms. The van der Waals surface area contributed by atoms with Crippen LogP contribution in [0.1, 0.15) is 41.0 Å². The Kier molecular flexibility index (Phi) is 6.91. The van der Waals surface area contributed by atoms with Crippen LogP contribution in [0.4, 0.5) is 0 Å². The second kappa shape index (κ2) is 9.21. The Bertz CT molecular complexity index is 599. The smallest absolute Gasteiger partial charge is 0.303 e. The first-order valence-electron chi connectivity index (χ1n) is 7.75. The fraction of sp³-hybridized carbons (Fsp3) is 0.316. The number of benzene rings is 1. The predicted octanol–water partition coefficient (Wildman–Crippen LogP) is 5.19. The first-order valence-corrected chi connectivity index (χ1v) is 8.56. The van der Waals surface area contributed by atoms with E-state index in [4.69, 9.17) is 5.11 Å². The van der Waals surface area contributed by atoms with Crippen LogP contribution in [0.15, 0.2) is 48.5 Å². The summed E-state index contributed by atoms with van der Waals surface area (Å²) in [4.78, 5) is 13.1. The van der Waals surface area contributed by atoms with E-state index >= 15 is 0 Å². The zero-order valence-electron chi connectivity index (χ0n) is 12.7. The van der Waals surface area contributed by atoms with Gasteiger partial charge in [-0.3, -0.25) is 4.79 Å². The van der Waals surface area contributed by atoms with Crippen molar-refractivity contribution in [2.75, 3.05) is 0 Å². The molecule has 116 valence electrons. The molecule has 1 heterocycles. The summed E-state index contributed by atoms with van der Waals surface area (Å²) in [7, 11) is 0. The second-order valence-electron chi connectivity index (χ2n) is 5.33. The first kappa shape index (κ1) is 16.5. The number of carboxylic acids is 1. The summed E-state index contributed by atoms with van der Waals surface area (Å²) in [6.45, 7) is 0. The molecule has 0 amide bonds. The van der Waals surface area contributed by atoms with Crippen molar-refractivity contribution in [3.8, 4) is 0 Å². The molecular weight excluding hydrogens is 292 g/mol. The van der Waals surface area contributed by atoms with Gasteiger partial charge in [-0.2, -0.15) is 0 Å². The maximum atomic E-state index is 10.4. The number of hydrogen-bond donors (Lipinski definition) is 1. The van der Waals surface area contributed by atoms with Crippen molar-refractivity contribution in [3.63, 3.8) is 0 Å². The Balaban J connectivity index is 1.67. The molecule has 3 heteroatoms. The van der Waals surface area contributed by atoms with Gasteiger partial charge < -0.3 is 5.11 Å².